The van der Waals surface area contributed by atoms with Crippen LogP contribution < -0.4 is 11.2 Å². The van der Waals surface area contributed by atoms with E-state index in [1.54, 1.807) is 24.6 Å². The normalized spacial score (nSPS) is 13.8. The van der Waals surface area contributed by atoms with Gasteiger partial charge in [-0.1, -0.05) is 0 Å². The van der Waals surface area contributed by atoms with Crippen LogP contribution in [0.25, 0.3) is 0 Å². The van der Waals surface area contributed by atoms with Gasteiger partial charge in [-0.2, -0.15) is 0 Å². The quantitative estimate of drug-likeness (QED) is 0.538. The number of rotatable bonds is 0. The van der Waals surface area contributed by atoms with Crippen molar-refractivity contribution in [2.45, 2.75) is 0 Å². The summed E-state index contributed by atoms with van der Waals surface area (Å²) in [5.41, 5.74) is 7.52. The summed E-state index contributed by atoms with van der Waals surface area (Å²) in [5.74, 6) is 0. The van der Waals surface area contributed by atoms with E-state index in [0.29, 0.717) is 0 Å². The van der Waals surface area contributed by atoms with Gasteiger partial charge in [0.15, 0.2) is 0 Å². The van der Waals surface area contributed by atoms with E-state index in [2.05, 4.69) is 5.43 Å². The van der Waals surface area contributed by atoms with Crippen LogP contribution in [0.4, 0.5) is 4.79 Å². The van der Waals surface area contributed by atoms with Crippen LogP contribution in [0.5, 0.6) is 0 Å². The zero-order valence-electron chi connectivity index (χ0n) is 5.15. The highest BCUT2D eigenvalue weighted by molar-refractivity contribution is 5.85. The number of hydrogen-bond donors (Lipinski definition) is 2. The largest absolute Gasteiger partial charge is 0.350 e. The molecule has 2 amide bonds. The van der Waals surface area contributed by atoms with Crippen molar-refractivity contribution in [1.29, 1.82) is 0 Å². The maximum absolute atomic E-state index is 10.4. The Morgan fingerprint density at radius 3 is 2.50 bits per heavy atom. The van der Waals surface area contributed by atoms with E-state index in [1.807, 2.05) is 0 Å². The van der Waals surface area contributed by atoms with Gasteiger partial charge in [0, 0.05) is 12.4 Å². The zero-order valence-corrected chi connectivity index (χ0v) is 5.97. The topological polar surface area (TPSA) is 58.4 Å². The van der Waals surface area contributed by atoms with Crippen molar-refractivity contribution < 1.29 is 4.79 Å². The van der Waals surface area contributed by atoms with Crippen molar-refractivity contribution in [1.82, 2.24) is 10.4 Å². The van der Waals surface area contributed by atoms with Gasteiger partial charge in [0.05, 0.1) is 0 Å². The lowest BCUT2D eigenvalue weighted by molar-refractivity contribution is 0.214. The molecule has 0 unspecified atom stereocenters. The zero-order chi connectivity index (χ0) is 6.69. The fourth-order valence-electron chi connectivity index (χ4n) is 0.495. The number of nitrogens with zero attached hydrogens (tertiary/aromatic N) is 1. The van der Waals surface area contributed by atoms with Gasteiger partial charge in [0.25, 0.3) is 0 Å². The highest BCUT2D eigenvalue weighted by atomic mass is 35.5. The number of urea groups is 1. The van der Waals surface area contributed by atoms with E-state index in [-0.39, 0.29) is 12.4 Å². The molecule has 0 aromatic rings. The summed E-state index contributed by atoms with van der Waals surface area (Å²) in [6.07, 6.45) is 6.63. The number of amides is 2. The lowest BCUT2D eigenvalue weighted by Crippen LogP contribution is -2.39. The van der Waals surface area contributed by atoms with Crippen LogP contribution >= 0.6 is 12.4 Å². The van der Waals surface area contributed by atoms with Crippen LogP contribution in [0.3, 0.4) is 0 Å². The molecule has 0 aliphatic carbocycles. The molecule has 0 bridgehead atoms. The maximum atomic E-state index is 10.4. The summed E-state index contributed by atoms with van der Waals surface area (Å²) in [6.45, 7) is 0. The summed E-state index contributed by atoms with van der Waals surface area (Å²) in [6, 6.07) is -0.518. The molecule has 0 spiro atoms. The Hall–Kier alpha value is -1.16. The fraction of sp³-hybridized carbons (Fsp3) is 0. The third kappa shape index (κ3) is 1.99. The first kappa shape index (κ1) is 8.84. The number of nitrogens with two attached hydrogens (primary N) is 1. The van der Waals surface area contributed by atoms with Crippen molar-refractivity contribution in [2.24, 2.45) is 5.73 Å². The molecule has 0 saturated carbocycles. The highest BCUT2D eigenvalue weighted by Gasteiger charge is 2.02. The predicted molar refractivity (Wildman–Crippen MR) is 40.1 cm³/mol. The second-order valence-corrected chi connectivity index (χ2v) is 1.54. The number of carbonyl (C=O) groups is 1. The third-order valence-corrected chi connectivity index (χ3v) is 0.894. The molecule has 1 aliphatic rings. The monoisotopic (exact) mass is 161 g/mol. The van der Waals surface area contributed by atoms with E-state index in [1.165, 1.54) is 5.01 Å². The van der Waals surface area contributed by atoms with Crippen LogP contribution in [0.2, 0.25) is 0 Å². The molecule has 0 aromatic heterocycles. The summed E-state index contributed by atoms with van der Waals surface area (Å²) in [7, 11) is 0. The van der Waals surface area contributed by atoms with Crippen molar-refractivity contribution in [3.63, 3.8) is 0 Å². The van der Waals surface area contributed by atoms with Crippen molar-refractivity contribution in [3.05, 3.63) is 24.6 Å². The lowest BCUT2D eigenvalue weighted by Gasteiger charge is -2.16. The highest BCUT2D eigenvalue weighted by Crippen LogP contribution is 1.90. The standard InChI is InChI=1S/C5H7N3O.ClH/c6-5(9)8-4-2-1-3-7-8;/h1-4,7H,(H2,6,9);1H. The third-order valence-electron chi connectivity index (χ3n) is 0.894. The Morgan fingerprint density at radius 1 is 1.50 bits per heavy atom. The minimum absolute atomic E-state index is 0. The molecule has 4 nitrogen and oxygen atoms in total. The SMILES string of the molecule is Cl.NC(=O)N1C=CC=CN1. The van der Waals surface area contributed by atoms with Crippen LogP contribution in [0.1, 0.15) is 0 Å². The molecule has 1 rings (SSSR count). The average molecular weight is 162 g/mol. The first-order valence-corrected chi connectivity index (χ1v) is 2.49. The maximum Gasteiger partial charge on any atom is 0.337 e. The number of primary amides is 1. The van der Waals surface area contributed by atoms with Gasteiger partial charge in [0.2, 0.25) is 0 Å². The molecular formula is C5H8ClN3O. The molecule has 10 heavy (non-hydrogen) atoms. The molecule has 1 aliphatic heterocycles. The number of allylic oxidation sites excluding steroid dienone is 2. The first-order valence-electron chi connectivity index (χ1n) is 2.49. The molecule has 0 atom stereocenters. The van der Waals surface area contributed by atoms with Crippen molar-refractivity contribution in [3.8, 4) is 0 Å². The fourth-order valence-corrected chi connectivity index (χ4v) is 0.495. The van der Waals surface area contributed by atoms with Gasteiger partial charge < -0.3 is 5.73 Å². The second-order valence-electron chi connectivity index (χ2n) is 1.54. The van der Waals surface area contributed by atoms with Gasteiger partial charge in [-0.05, 0) is 12.2 Å². The molecule has 0 radical (unpaired) electrons. The minimum Gasteiger partial charge on any atom is -0.350 e. The van der Waals surface area contributed by atoms with Crippen LogP contribution in [0, 0.1) is 0 Å². The number of hydrogen-bond acceptors (Lipinski definition) is 2. The minimum atomic E-state index is -0.518. The first-order chi connectivity index (χ1) is 4.30. The summed E-state index contributed by atoms with van der Waals surface area (Å²) in [4.78, 5) is 10.4. The smallest absolute Gasteiger partial charge is 0.337 e. The van der Waals surface area contributed by atoms with Gasteiger partial charge in [0.1, 0.15) is 0 Å². The summed E-state index contributed by atoms with van der Waals surface area (Å²) < 4.78 is 0. The molecule has 56 valence electrons. The second kappa shape index (κ2) is 3.79. The summed E-state index contributed by atoms with van der Waals surface area (Å²) in [5, 5.41) is 1.18. The molecule has 1 heterocycles. The van der Waals surface area contributed by atoms with Crippen LogP contribution in [0.15, 0.2) is 24.6 Å². The van der Waals surface area contributed by atoms with E-state index in [9.17, 15) is 4.79 Å². The number of halogens is 1. The lowest BCUT2D eigenvalue weighted by atomic mass is 10.5. The molecule has 0 saturated heterocycles. The Morgan fingerprint density at radius 2 is 2.20 bits per heavy atom. The van der Waals surface area contributed by atoms with Crippen molar-refractivity contribution >= 4 is 18.4 Å². The average Bonchev–Trinajstić information content (AvgIpc) is 1.90. The summed E-state index contributed by atoms with van der Waals surface area (Å²) >= 11 is 0. The molecule has 5 heteroatoms. The van der Waals surface area contributed by atoms with E-state index >= 15 is 0 Å². The van der Waals surface area contributed by atoms with Gasteiger partial charge in [-0.25, -0.2) is 9.80 Å². The van der Waals surface area contributed by atoms with Gasteiger partial charge >= 0.3 is 6.03 Å². The number of hydrazine groups is 1. The Labute approximate surface area is 64.7 Å². The Kier molecular flexibility index (Phi) is 3.35. The molecular weight excluding hydrogens is 154 g/mol. The molecule has 3 N–H and O–H groups in total. The number of carbonyl (C=O) groups excluding carboxylic acids is 1. The van der Waals surface area contributed by atoms with Gasteiger partial charge in [-0.3, -0.25) is 5.43 Å². The van der Waals surface area contributed by atoms with Gasteiger partial charge in [-0.15, -0.1) is 12.4 Å². The van der Waals surface area contributed by atoms with E-state index in [0.717, 1.165) is 0 Å². The Balaban J connectivity index is 0.000000810. The van der Waals surface area contributed by atoms with Crippen molar-refractivity contribution in [2.75, 3.05) is 0 Å². The van der Waals surface area contributed by atoms with E-state index < -0.39 is 6.03 Å². The molecule has 0 fully saturated rings. The van der Waals surface area contributed by atoms with Crippen LogP contribution in [-0.4, -0.2) is 11.0 Å². The Bertz CT molecular complexity index is 178. The predicted octanol–water partition coefficient (Wildman–Crippen LogP) is 0.334. The van der Waals surface area contributed by atoms with E-state index in [4.69, 9.17) is 5.73 Å². The van der Waals surface area contributed by atoms with Crippen LogP contribution in [-0.2, 0) is 0 Å². The molecule has 0 aromatic carbocycles. The number of nitrogens with one attached hydrogen (secondary N) is 1.